The van der Waals surface area contributed by atoms with E-state index in [4.69, 9.17) is 14.5 Å². The van der Waals surface area contributed by atoms with Gasteiger partial charge in [0.15, 0.2) is 5.69 Å². The number of rotatable bonds is 8. The minimum Gasteiger partial charge on any atom is -0.464 e. The number of nitrogens with one attached hydrogen (secondary N) is 2. The summed E-state index contributed by atoms with van der Waals surface area (Å²) in [6.07, 6.45) is 3.56. The van der Waals surface area contributed by atoms with Crippen LogP contribution in [-0.4, -0.2) is 41.2 Å². The molecule has 2 aromatic heterocycles. The molecule has 1 aliphatic heterocycles. The van der Waals surface area contributed by atoms with Gasteiger partial charge in [0.05, 0.1) is 37.3 Å². The van der Waals surface area contributed by atoms with Crippen LogP contribution in [0.5, 0.6) is 0 Å². The lowest BCUT2D eigenvalue weighted by molar-refractivity contribution is 0.0580. The minimum atomic E-state index is -0.547. The Labute approximate surface area is 215 Å². The van der Waals surface area contributed by atoms with Crippen LogP contribution in [0.4, 0.5) is 11.4 Å². The summed E-state index contributed by atoms with van der Waals surface area (Å²) in [5.74, 6) is -0.867. The number of esters is 1. The molecule has 37 heavy (non-hydrogen) atoms. The van der Waals surface area contributed by atoms with E-state index in [9.17, 15) is 9.59 Å². The lowest BCUT2D eigenvalue weighted by Crippen LogP contribution is -2.21. The molecule has 0 saturated carbocycles. The van der Waals surface area contributed by atoms with Crippen molar-refractivity contribution in [3.8, 4) is 0 Å². The van der Waals surface area contributed by atoms with Crippen molar-refractivity contribution in [3.05, 3.63) is 89.2 Å². The van der Waals surface area contributed by atoms with Crippen molar-refractivity contribution in [1.82, 2.24) is 9.55 Å². The third-order valence-electron chi connectivity index (χ3n) is 6.71. The third-order valence-corrected chi connectivity index (χ3v) is 6.71. The summed E-state index contributed by atoms with van der Waals surface area (Å²) in [6, 6.07) is 19.0. The summed E-state index contributed by atoms with van der Waals surface area (Å²) in [5, 5.41) is 7.05. The molecular formula is C29H30N4O4. The number of amides is 1. The van der Waals surface area contributed by atoms with E-state index in [2.05, 4.69) is 29.7 Å². The van der Waals surface area contributed by atoms with Gasteiger partial charge in [0.25, 0.3) is 5.91 Å². The highest BCUT2D eigenvalue weighted by atomic mass is 16.5. The number of hydrogen-bond donors (Lipinski definition) is 2. The predicted molar refractivity (Wildman–Crippen MR) is 143 cm³/mol. The Kier molecular flexibility index (Phi) is 7.18. The maximum absolute atomic E-state index is 13.2. The number of nitrogens with zero attached hydrogens (tertiary/aromatic N) is 2. The number of aryl methyl sites for hydroxylation is 1. The highest BCUT2D eigenvalue weighted by molar-refractivity contribution is 6.14. The maximum Gasteiger partial charge on any atom is 0.356 e. The van der Waals surface area contributed by atoms with Crippen LogP contribution in [-0.2, 0) is 22.6 Å². The Balaban J connectivity index is 1.58. The summed E-state index contributed by atoms with van der Waals surface area (Å²) < 4.78 is 12.8. The third kappa shape index (κ3) is 5.20. The van der Waals surface area contributed by atoms with Crippen LogP contribution in [0.25, 0.3) is 11.0 Å². The molecule has 0 radical (unpaired) electrons. The molecule has 0 bridgehead atoms. The molecule has 5 rings (SSSR count). The normalized spacial score (nSPS) is 15.0. The van der Waals surface area contributed by atoms with E-state index in [-0.39, 0.29) is 17.7 Å². The summed E-state index contributed by atoms with van der Waals surface area (Å²) in [5.41, 5.74) is 4.83. The molecule has 8 heteroatoms. The van der Waals surface area contributed by atoms with Gasteiger partial charge < -0.3 is 24.7 Å². The molecule has 0 spiro atoms. The molecule has 0 aliphatic carbocycles. The fourth-order valence-electron chi connectivity index (χ4n) is 4.71. The van der Waals surface area contributed by atoms with E-state index in [0.29, 0.717) is 42.0 Å². The molecular weight excluding hydrogens is 468 g/mol. The van der Waals surface area contributed by atoms with Crippen LogP contribution in [0.2, 0.25) is 0 Å². The lowest BCUT2D eigenvalue weighted by Gasteiger charge is -2.14. The summed E-state index contributed by atoms with van der Waals surface area (Å²) >= 11 is 0. The molecule has 1 atom stereocenters. The Morgan fingerprint density at radius 2 is 1.92 bits per heavy atom. The molecule has 1 amide bonds. The van der Waals surface area contributed by atoms with E-state index in [1.165, 1.54) is 18.2 Å². The summed E-state index contributed by atoms with van der Waals surface area (Å²) in [6.45, 7) is 3.82. The van der Waals surface area contributed by atoms with Crippen LogP contribution >= 0.6 is 0 Å². The van der Waals surface area contributed by atoms with Crippen molar-refractivity contribution in [3.63, 3.8) is 0 Å². The zero-order chi connectivity index (χ0) is 25.8. The number of anilines is 2. The first-order chi connectivity index (χ1) is 18.0. The minimum absolute atomic E-state index is 0.0441. The van der Waals surface area contributed by atoms with Crippen molar-refractivity contribution in [1.29, 1.82) is 0 Å². The maximum atomic E-state index is 13.2. The Bertz CT molecular complexity index is 1420. The molecule has 1 fully saturated rings. The lowest BCUT2D eigenvalue weighted by atomic mass is 10.1. The van der Waals surface area contributed by atoms with Crippen LogP contribution < -0.4 is 10.6 Å². The number of benzene rings is 2. The SMILES string of the molecule is COC(=O)c1c(NC(=O)c2ccccc2)c2cc(NCc3ccccc3C)cnc2n1CC1CCCO1. The predicted octanol–water partition coefficient (Wildman–Crippen LogP) is 5.17. The average molecular weight is 499 g/mol. The summed E-state index contributed by atoms with van der Waals surface area (Å²) in [4.78, 5) is 31.0. The van der Waals surface area contributed by atoms with Gasteiger partial charge in [-0.05, 0) is 49.1 Å². The second-order valence-corrected chi connectivity index (χ2v) is 9.16. The second-order valence-electron chi connectivity index (χ2n) is 9.16. The van der Waals surface area contributed by atoms with E-state index < -0.39 is 5.97 Å². The highest BCUT2D eigenvalue weighted by Gasteiger charge is 2.29. The van der Waals surface area contributed by atoms with Crippen molar-refractivity contribution in [2.45, 2.75) is 39.0 Å². The van der Waals surface area contributed by atoms with Gasteiger partial charge in [-0.1, -0.05) is 42.5 Å². The second kappa shape index (κ2) is 10.8. The molecule has 1 saturated heterocycles. The Morgan fingerprint density at radius 3 is 2.65 bits per heavy atom. The topological polar surface area (TPSA) is 94.5 Å². The number of hydrogen-bond acceptors (Lipinski definition) is 6. The van der Waals surface area contributed by atoms with E-state index >= 15 is 0 Å². The Morgan fingerprint density at radius 1 is 1.14 bits per heavy atom. The van der Waals surface area contributed by atoms with Gasteiger partial charge >= 0.3 is 5.97 Å². The zero-order valence-corrected chi connectivity index (χ0v) is 21.0. The number of fused-ring (bicyclic) bond motifs is 1. The summed E-state index contributed by atoms with van der Waals surface area (Å²) in [7, 11) is 1.34. The van der Waals surface area contributed by atoms with Gasteiger partial charge in [0.1, 0.15) is 5.65 Å². The first-order valence-electron chi connectivity index (χ1n) is 12.4. The quantitative estimate of drug-likeness (QED) is 0.325. The standard InChI is InChI=1S/C29H30N4O4/c1-19-9-6-7-12-21(19)16-30-22-15-24-25(32-28(34)20-10-4-3-5-11-20)26(29(35)36-2)33(27(24)31-17-22)18-23-13-8-14-37-23/h3-7,9-12,15,17,23,30H,8,13-14,16,18H2,1-2H3,(H,32,34). The van der Waals surface area contributed by atoms with Gasteiger partial charge in [-0.15, -0.1) is 0 Å². The fourth-order valence-corrected chi connectivity index (χ4v) is 4.71. The molecule has 3 heterocycles. The van der Waals surface area contributed by atoms with Crippen molar-refractivity contribution in [2.75, 3.05) is 24.4 Å². The van der Waals surface area contributed by atoms with E-state index in [0.717, 1.165) is 18.5 Å². The Hall–Kier alpha value is -4.17. The highest BCUT2D eigenvalue weighted by Crippen LogP contribution is 2.34. The van der Waals surface area contributed by atoms with Crippen LogP contribution in [0.3, 0.4) is 0 Å². The van der Waals surface area contributed by atoms with Gasteiger partial charge in [-0.3, -0.25) is 4.79 Å². The van der Waals surface area contributed by atoms with E-state index in [1.807, 2.05) is 28.8 Å². The smallest absolute Gasteiger partial charge is 0.356 e. The molecule has 2 aromatic carbocycles. The molecule has 1 unspecified atom stereocenters. The van der Waals surface area contributed by atoms with Gasteiger partial charge in [0, 0.05) is 24.1 Å². The number of aromatic nitrogens is 2. The molecule has 1 aliphatic rings. The number of methoxy groups -OCH3 is 1. The first-order valence-corrected chi connectivity index (χ1v) is 12.4. The van der Waals surface area contributed by atoms with Gasteiger partial charge in [-0.25, -0.2) is 9.78 Å². The van der Waals surface area contributed by atoms with E-state index in [1.54, 1.807) is 30.5 Å². The zero-order valence-electron chi connectivity index (χ0n) is 21.0. The largest absolute Gasteiger partial charge is 0.464 e. The van der Waals surface area contributed by atoms with Gasteiger partial charge in [0.2, 0.25) is 0 Å². The molecule has 8 nitrogen and oxygen atoms in total. The molecule has 4 aromatic rings. The molecule has 2 N–H and O–H groups in total. The average Bonchev–Trinajstić information content (AvgIpc) is 3.55. The van der Waals surface area contributed by atoms with Gasteiger partial charge in [-0.2, -0.15) is 0 Å². The number of pyridine rings is 1. The monoisotopic (exact) mass is 498 g/mol. The van der Waals surface area contributed by atoms with Crippen molar-refractivity contribution in [2.24, 2.45) is 0 Å². The van der Waals surface area contributed by atoms with Crippen LogP contribution in [0.1, 0.15) is 44.8 Å². The fraction of sp³-hybridized carbons (Fsp3) is 0.276. The van der Waals surface area contributed by atoms with Crippen LogP contribution in [0, 0.1) is 6.92 Å². The number of ether oxygens (including phenoxy) is 2. The molecule has 190 valence electrons. The number of carbonyl (C=O) groups excluding carboxylic acids is 2. The number of carbonyl (C=O) groups is 2. The van der Waals surface area contributed by atoms with Crippen molar-refractivity contribution < 1.29 is 19.1 Å². The first kappa shape index (κ1) is 24.5. The van der Waals surface area contributed by atoms with Crippen LogP contribution in [0.15, 0.2) is 66.9 Å². The van der Waals surface area contributed by atoms with Crippen molar-refractivity contribution >= 4 is 34.3 Å².